The van der Waals surface area contributed by atoms with E-state index in [0.29, 0.717) is 25.7 Å². The van der Waals surface area contributed by atoms with Crippen LogP contribution in [-0.2, 0) is 11.2 Å². The quantitative estimate of drug-likeness (QED) is 0.486. The molecule has 3 rings (SSSR count). The van der Waals surface area contributed by atoms with Crippen molar-refractivity contribution in [3.8, 4) is 11.1 Å². The summed E-state index contributed by atoms with van der Waals surface area (Å²) in [5.41, 5.74) is 11.0. The van der Waals surface area contributed by atoms with Gasteiger partial charge < -0.3 is 5.11 Å². The molecule has 122 valence electrons. The van der Waals surface area contributed by atoms with Crippen LogP contribution in [0.15, 0.2) is 59.7 Å². The average molecular weight is 321 g/mol. The minimum atomic E-state index is -0.839. The number of benzene rings is 2. The van der Waals surface area contributed by atoms with Crippen LogP contribution in [0.25, 0.3) is 21.6 Å². The third-order valence-corrected chi connectivity index (χ3v) is 4.83. The van der Waals surface area contributed by atoms with Gasteiger partial charge in [0.05, 0.1) is 5.41 Å². The number of nitrogens with zero attached hydrogens (tertiary/aromatic N) is 3. The number of rotatable bonds is 5. The second-order valence-corrected chi connectivity index (χ2v) is 6.43. The molecule has 2 atom stereocenters. The Morgan fingerprint density at radius 3 is 2.67 bits per heavy atom. The van der Waals surface area contributed by atoms with Crippen molar-refractivity contribution in [2.45, 2.75) is 31.7 Å². The molecule has 2 aromatic carbocycles. The summed E-state index contributed by atoms with van der Waals surface area (Å²) in [6, 6.07) is 17.8. The summed E-state index contributed by atoms with van der Waals surface area (Å²) < 4.78 is 0. The van der Waals surface area contributed by atoms with Crippen molar-refractivity contribution in [1.82, 2.24) is 0 Å². The summed E-state index contributed by atoms with van der Waals surface area (Å²) in [5, 5.41) is 13.5. The summed E-state index contributed by atoms with van der Waals surface area (Å²) in [6.45, 7) is 0. The number of carboxylic acids is 1. The van der Waals surface area contributed by atoms with Gasteiger partial charge >= 0.3 is 5.97 Å². The second-order valence-electron chi connectivity index (χ2n) is 6.43. The Labute approximate surface area is 140 Å². The fourth-order valence-electron chi connectivity index (χ4n) is 3.58. The van der Waals surface area contributed by atoms with Crippen molar-refractivity contribution in [2.24, 2.45) is 10.5 Å². The molecule has 0 unspecified atom stereocenters. The zero-order valence-electron chi connectivity index (χ0n) is 13.3. The third-order valence-electron chi connectivity index (χ3n) is 4.83. The molecule has 2 aromatic rings. The van der Waals surface area contributed by atoms with Crippen LogP contribution in [0, 0.1) is 5.41 Å². The standard InChI is InChI=1S/C19H19N3O2/c20-22-21-17-9-10-19(13-17,18(23)24)12-14-5-4-8-16(11-14)15-6-2-1-3-7-15/h1-8,11,17H,9-10,12-13H2,(H,23,24)/t17-,19+/m0/s1. The monoisotopic (exact) mass is 321 g/mol. The maximum atomic E-state index is 11.9. The van der Waals surface area contributed by atoms with Gasteiger partial charge in [0.25, 0.3) is 0 Å². The summed E-state index contributed by atoms with van der Waals surface area (Å²) in [6.07, 6.45) is 2.04. The van der Waals surface area contributed by atoms with Gasteiger partial charge in [0.15, 0.2) is 0 Å². The molecule has 1 N–H and O–H groups in total. The molecule has 0 radical (unpaired) electrons. The van der Waals surface area contributed by atoms with E-state index in [1.165, 1.54) is 0 Å². The molecule has 0 aliphatic heterocycles. The molecule has 1 fully saturated rings. The zero-order valence-corrected chi connectivity index (χ0v) is 13.3. The normalized spacial score (nSPS) is 22.8. The Morgan fingerprint density at radius 2 is 1.96 bits per heavy atom. The van der Waals surface area contributed by atoms with Gasteiger partial charge in [-0.2, -0.15) is 0 Å². The molecule has 24 heavy (non-hydrogen) atoms. The van der Waals surface area contributed by atoms with Crippen molar-refractivity contribution < 1.29 is 9.90 Å². The van der Waals surface area contributed by atoms with E-state index in [2.05, 4.69) is 16.1 Å². The van der Waals surface area contributed by atoms with Gasteiger partial charge in [-0.25, -0.2) is 0 Å². The van der Waals surface area contributed by atoms with Crippen LogP contribution in [0.4, 0.5) is 0 Å². The predicted molar refractivity (Wildman–Crippen MR) is 92.4 cm³/mol. The number of hydrogen-bond acceptors (Lipinski definition) is 2. The first-order valence-electron chi connectivity index (χ1n) is 8.05. The van der Waals surface area contributed by atoms with Crippen molar-refractivity contribution in [2.75, 3.05) is 0 Å². The van der Waals surface area contributed by atoms with Crippen LogP contribution in [-0.4, -0.2) is 17.1 Å². The summed E-state index contributed by atoms with van der Waals surface area (Å²) in [7, 11) is 0. The van der Waals surface area contributed by atoms with Crippen LogP contribution in [0.5, 0.6) is 0 Å². The highest BCUT2D eigenvalue weighted by molar-refractivity contribution is 5.76. The third kappa shape index (κ3) is 3.26. The first-order chi connectivity index (χ1) is 11.6. The summed E-state index contributed by atoms with van der Waals surface area (Å²) in [5.74, 6) is -0.803. The largest absolute Gasteiger partial charge is 0.481 e. The molecule has 0 saturated heterocycles. The topological polar surface area (TPSA) is 86.1 Å². The van der Waals surface area contributed by atoms with Crippen molar-refractivity contribution in [1.29, 1.82) is 0 Å². The van der Waals surface area contributed by atoms with Gasteiger partial charge in [-0.05, 0) is 47.9 Å². The van der Waals surface area contributed by atoms with Gasteiger partial charge in [0.1, 0.15) is 0 Å². The van der Waals surface area contributed by atoms with Crippen molar-refractivity contribution in [3.05, 3.63) is 70.6 Å². The minimum Gasteiger partial charge on any atom is -0.481 e. The van der Waals surface area contributed by atoms with Crippen LogP contribution in [0.3, 0.4) is 0 Å². The van der Waals surface area contributed by atoms with E-state index in [0.717, 1.165) is 16.7 Å². The number of aliphatic carboxylic acids is 1. The van der Waals surface area contributed by atoms with Crippen LogP contribution >= 0.6 is 0 Å². The molecule has 5 heteroatoms. The summed E-state index contributed by atoms with van der Waals surface area (Å²) >= 11 is 0. The molecule has 0 heterocycles. The lowest BCUT2D eigenvalue weighted by Gasteiger charge is -2.24. The molecule has 5 nitrogen and oxygen atoms in total. The maximum Gasteiger partial charge on any atom is 0.309 e. The lowest BCUT2D eigenvalue weighted by molar-refractivity contribution is -0.148. The Balaban J connectivity index is 1.87. The van der Waals surface area contributed by atoms with E-state index in [9.17, 15) is 9.90 Å². The minimum absolute atomic E-state index is 0.219. The molecule has 1 saturated carbocycles. The van der Waals surface area contributed by atoms with Gasteiger partial charge in [-0.15, -0.1) is 0 Å². The number of hydrogen-bond donors (Lipinski definition) is 1. The maximum absolute atomic E-state index is 11.9. The van der Waals surface area contributed by atoms with Crippen molar-refractivity contribution in [3.63, 3.8) is 0 Å². The highest BCUT2D eigenvalue weighted by Crippen LogP contribution is 2.43. The van der Waals surface area contributed by atoms with E-state index < -0.39 is 11.4 Å². The first-order valence-corrected chi connectivity index (χ1v) is 8.05. The van der Waals surface area contributed by atoms with E-state index in [4.69, 9.17) is 5.53 Å². The van der Waals surface area contributed by atoms with E-state index in [1.54, 1.807) is 0 Å². The first kappa shape index (κ1) is 16.1. The highest BCUT2D eigenvalue weighted by atomic mass is 16.4. The van der Waals surface area contributed by atoms with E-state index in [1.807, 2.05) is 48.5 Å². The lowest BCUT2D eigenvalue weighted by Crippen LogP contribution is -2.31. The number of carbonyl (C=O) groups is 1. The zero-order chi connectivity index (χ0) is 17.0. The lowest BCUT2D eigenvalue weighted by atomic mass is 9.79. The molecule has 0 aromatic heterocycles. The van der Waals surface area contributed by atoms with Crippen molar-refractivity contribution >= 4 is 5.97 Å². The van der Waals surface area contributed by atoms with Gasteiger partial charge in [0.2, 0.25) is 0 Å². The van der Waals surface area contributed by atoms with Gasteiger partial charge in [0, 0.05) is 11.0 Å². The van der Waals surface area contributed by atoms with E-state index in [-0.39, 0.29) is 6.04 Å². The Bertz CT molecular complexity index is 784. The fraction of sp³-hybridized carbons (Fsp3) is 0.316. The molecule has 1 aliphatic rings. The van der Waals surface area contributed by atoms with E-state index >= 15 is 0 Å². The molecule has 1 aliphatic carbocycles. The fourth-order valence-corrected chi connectivity index (χ4v) is 3.58. The van der Waals surface area contributed by atoms with Crippen LogP contribution < -0.4 is 0 Å². The molecular weight excluding hydrogens is 302 g/mol. The Kier molecular flexibility index (Phi) is 4.54. The SMILES string of the molecule is [N-]=[N+]=N[C@H]1CC[C@](Cc2cccc(-c3ccccc3)c2)(C(=O)O)C1. The van der Waals surface area contributed by atoms with Gasteiger partial charge in [-0.3, -0.25) is 4.79 Å². The van der Waals surface area contributed by atoms with Crippen LogP contribution in [0.2, 0.25) is 0 Å². The highest BCUT2D eigenvalue weighted by Gasteiger charge is 2.45. The number of azide groups is 1. The molecule has 0 spiro atoms. The van der Waals surface area contributed by atoms with Crippen LogP contribution in [0.1, 0.15) is 24.8 Å². The smallest absolute Gasteiger partial charge is 0.309 e. The predicted octanol–water partition coefficient (Wildman–Crippen LogP) is 4.83. The second kappa shape index (κ2) is 6.77. The summed E-state index contributed by atoms with van der Waals surface area (Å²) in [4.78, 5) is 14.7. The van der Waals surface area contributed by atoms with Gasteiger partial charge in [-0.1, -0.05) is 59.7 Å². The Morgan fingerprint density at radius 1 is 1.21 bits per heavy atom. The average Bonchev–Trinajstić information content (AvgIpc) is 3.00. The molecule has 0 bridgehead atoms. The Hall–Kier alpha value is -2.78. The number of carboxylic acid groups (broad SMARTS) is 1. The molecular formula is C19H19N3O2. The molecule has 0 amide bonds.